The van der Waals surface area contributed by atoms with Crippen LogP contribution < -0.4 is 0 Å². The molecule has 0 atom stereocenters. The molecule has 0 heterocycles. The Morgan fingerprint density at radius 2 is 2.06 bits per heavy atom. The fraction of sp³-hybridized carbons (Fsp3) is 0.333. The molecule has 0 saturated heterocycles. The summed E-state index contributed by atoms with van der Waals surface area (Å²) in [5.74, 6) is -0.270. The van der Waals surface area contributed by atoms with Crippen molar-refractivity contribution < 1.29 is 9.53 Å². The van der Waals surface area contributed by atoms with Gasteiger partial charge in [-0.1, -0.05) is 37.3 Å². The van der Waals surface area contributed by atoms with Gasteiger partial charge in [0, 0.05) is 6.42 Å². The van der Waals surface area contributed by atoms with Crippen LogP contribution in [0, 0.1) is 0 Å². The van der Waals surface area contributed by atoms with Crippen molar-refractivity contribution >= 4 is 5.97 Å². The zero-order chi connectivity index (χ0) is 12.5. The third kappa shape index (κ3) is 4.71. The molecule has 0 unspecified atom stereocenters. The summed E-state index contributed by atoms with van der Waals surface area (Å²) in [7, 11) is 0. The molecular weight excluding hydrogens is 212 g/mol. The summed E-state index contributed by atoms with van der Waals surface area (Å²) in [5.41, 5.74) is 4.62. The minimum absolute atomic E-state index is 0.270. The summed E-state index contributed by atoms with van der Waals surface area (Å²) in [4.78, 5) is 11.8. The van der Waals surface area contributed by atoms with Crippen LogP contribution in [0.2, 0.25) is 0 Å². The van der Waals surface area contributed by atoms with Gasteiger partial charge in [0.2, 0.25) is 0 Å². The van der Waals surface area contributed by atoms with Gasteiger partial charge in [0.1, 0.15) is 0 Å². The van der Waals surface area contributed by atoms with Gasteiger partial charge in [-0.05, 0) is 25.0 Å². The molecule has 0 saturated carbocycles. The van der Waals surface area contributed by atoms with Crippen molar-refractivity contribution in [1.29, 1.82) is 0 Å². The largest absolute Gasteiger partial charge is 0.462 e. The molecule has 90 valence electrons. The molecule has 0 aliphatic heterocycles. The fourth-order valence-corrected chi connectivity index (χ4v) is 1.44. The Labute approximate surface area is 103 Å². The predicted molar refractivity (Wildman–Crippen MR) is 68.7 cm³/mol. The second kappa shape index (κ2) is 7.48. The highest BCUT2D eigenvalue weighted by Crippen LogP contribution is 2.08. The summed E-state index contributed by atoms with van der Waals surface area (Å²) >= 11 is 0. The van der Waals surface area contributed by atoms with Gasteiger partial charge in [-0.2, -0.15) is 0 Å². The SMILES string of the molecule is CC=C=C(Cc1ccccc1)C(=O)OCCC. The number of esters is 1. The maximum atomic E-state index is 11.8. The minimum Gasteiger partial charge on any atom is -0.462 e. The molecule has 1 aromatic rings. The van der Waals surface area contributed by atoms with E-state index in [0.29, 0.717) is 18.6 Å². The van der Waals surface area contributed by atoms with Crippen molar-refractivity contribution in [2.24, 2.45) is 0 Å². The molecule has 0 N–H and O–H groups in total. The van der Waals surface area contributed by atoms with Crippen molar-refractivity contribution in [3.8, 4) is 0 Å². The third-order valence-electron chi connectivity index (χ3n) is 2.23. The van der Waals surface area contributed by atoms with E-state index in [4.69, 9.17) is 4.74 Å². The first-order valence-corrected chi connectivity index (χ1v) is 5.89. The number of carbonyl (C=O) groups is 1. The van der Waals surface area contributed by atoms with Gasteiger partial charge < -0.3 is 4.74 Å². The van der Waals surface area contributed by atoms with E-state index in [9.17, 15) is 4.79 Å². The van der Waals surface area contributed by atoms with Gasteiger partial charge in [-0.3, -0.25) is 0 Å². The van der Waals surface area contributed by atoms with E-state index in [2.05, 4.69) is 5.73 Å². The smallest absolute Gasteiger partial charge is 0.342 e. The molecule has 0 fully saturated rings. The topological polar surface area (TPSA) is 26.3 Å². The minimum atomic E-state index is -0.270. The van der Waals surface area contributed by atoms with E-state index < -0.39 is 0 Å². The normalized spacial score (nSPS) is 9.29. The first-order valence-electron chi connectivity index (χ1n) is 5.89. The Morgan fingerprint density at radius 3 is 2.65 bits per heavy atom. The maximum Gasteiger partial charge on any atom is 0.342 e. The molecule has 0 amide bonds. The first kappa shape index (κ1) is 13.3. The van der Waals surface area contributed by atoms with E-state index in [-0.39, 0.29) is 5.97 Å². The molecule has 1 aromatic carbocycles. The maximum absolute atomic E-state index is 11.8. The molecule has 0 bridgehead atoms. The lowest BCUT2D eigenvalue weighted by Crippen LogP contribution is -2.10. The van der Waals surface area contributed by atoms with Crippen LogP contribution in [-0.2, 0) is 16.0 Å². The number of rotatable bonds is 5. The second-order valence-electron chi connectivity index (χ2n) is 3.71. The van der Waals surface area contributed by atoms with E-state index in [1.165, 1.54) is 0 Å². The van der Waals surface area contributed by atoms with Crippen LogP contribution in [-0.4, -0.2) is 12.6 Å². The van der Waals surface area contributed by atoms with Gasteiger partial charge in [0.05, 0.1) is 12.2 Å². The van der Waals surface area contributed by atoms with Crippen LogP contribution in [0.4, 0.5) is 0 Å². The van der Waals surface area contributed by atoms with Gasteiger partial charge in [-0.15, -0.1) is 5.73 Å². The molecule has 17 heavy (non-hydrogen) atoms. The monoisotopic (exact) mass is 230 g/mol. The summed E-state index contributed by atoms with van der Waals surface area (Å²) < 4.78 is 5.12. The van der Waals surface area contributed by atoms with Crippen LogP contribution in [0.5, 0.6) is 0 Å². The van der Waals surface area contributed by atoms with E-state index in [1.54, 1.807) is 6.08 Å². The Kier molecular flexibility index (Phi) is 5.84. The van der Waals surface area contributed by atoms with Crippen molar-refractivity contribution in [1.82, 2.24) is 0 Å². The Bertz CT molecular complexity index is 412. The summed E-state index contributed by atoms with van der Waals surface area (Å²) in [6.07, 6.45) is 3.14. The standard InChI is InChI=1S/C15H18O2/c1-3-8-14(15(16)17-11-4-2)12-13-9-6-5-7-10-13/h3,5-7,9-10H,4,11-12H2,1-2H3. The summed E-state index contributed by atoms with van der Waals surface area (Å²) in [6, 6.07) is 9.85. The summed E-state index contributed by atoms with van der Waals surface area (Å²) in [6.45, 7) is 4.28. The molecule has 2 heteroatoms. The number of benzene rings is 1. The zero-order valence-corrected chi connectivity index (χ0v) is 10.4. The van der Waals surface area contributed by atoms with Crippen LogP contribution in [0.25, 0.3) is 0 Å². The van der Waals surface area contributed by atoms with Crippen molar-refractivity contribution in [2.45, 2.75) is 26.7 Å². The number of ether oxygens (including phenoxy) is 1. The van der Waals surface area contributed by atoms with Crippen LogP contribution >= 0.6 is 0 Å². The average molecular weight is 230 g/mol. The lowest BCUT2D eigenvalue weighted by atomic mass is 10.1. The van der Waals surface area contributed by atoms with Crippen molar-refractivity contribution in [3.63, 3.8) is 0 Å². The Balaban J connectivity index is 2.75. The molecule has 2 nitrogen and oxygen atoms in total. The van der Waals surface area contributed by atoms with Crippen molar-refractivity contribution in [2.75, 3.05) is 6.61 Å². The van der Waals surface area contributed by atoms with E-state index >= 15 is 0 Å². The second-order valence-corrected chi connectivity index (χ2v) is 3.71. The molecular formula is C15H18O2. The quantitative estimate of drug-likeness (QED) is 0.441. The Hall–Kier alpha value is -1.79. The highest BCUT2D eigenvalue weighted by molar-refractivity contribution is 5.88. The molecule has 1 rings (SSSR count). The summed E-state index contributed by atoms with van der Waals surface area (Å²) in [5, 5.41) is 0. The molecule has 0 radical (unpaired) electrons. The van der Waals surface area contributed by atoms with E-state index in [0.717, 1.165) is 12.0 Å². The predicted octanol–water partition coefficient (Wildman–Crippen LogP) is 3.28. The highest BCUT2D eigenvalue weighted by Gasteiger charge is 2.10. The lowest BCUT2D eigenvalue weighted by Gasteiger charge is -2.05. The van der Waals surface area contributed by atoms with Gasteiger partial charge in [0.25, 0.3) is 0 Å². The van der Waals surface area contributed by atoms with Crippen LogP contribution in [0.3, 0.4) is 0 Å². The number of hydrogen-bond acceptors (Lipinski definition) is 2. The molecule has 0 aromatic heterocycles. The Morgan fingerprint density at radius 1 is 1.35 bits per heavy atom. The lowest BCUT2D eigenvalue weighted by molar-refractivity contribution is -0.139. The van der Waals surface area contributed by atoms with Crippen LogP contribution in [0.1, 0.15) is 25.8 Å². The van der Waals surface area contributed by atoms with Crippen molar-refractivity contribution in [3.05, 3.63) is 53.3 Å². The number of hydrogen-bond donors (Lipinski definition) is 0. The third-order valence-corrected chi connectivity index (χ3v) is 2.23. The van der Waals surface area contributed by atoms with Gasteiger partial charge >= 0.3 is 5.97 Å². The molecule has 0 spiro atoms. The number of carbonyl (C=O) groups excluding carboxylic acids is 1. The first-order chi connectivity index (χ1) is 8.27. The molecule has 0 aliphatic rings. The highest BCUT2D eigenvalue weighted by atomic mass is 16.5. The van der Waals surface area contributed by atoms with Gasteiger partial charge in [-0.25, -0.2) is 4.79 Å². The van der Waals surface area contributed by atoms with E-state index in [1.807, 2.05) is 44.2 Å². The molecule has 0 aliphatic carbocycles. The fourth-order valence-electron chi connectivity index (χ4n) is 1.44. The van der Waals surface area contributed by atoms with Gasteiger partial charge in [0.15, 0.2) is 0 Å². The zero-order valence-electron chi connectivity index (χ0n) is 10.4. The average Bonchev–Trinajstić information content (AvgIpc) is 2.36. The van der Waals surface area contributed by atoms with Crippen LogP contribution in [0.15, 0.2) is 47.7 Å².